The Morgan fingerprint density at radius 2 is 2.05 bits per heavy atom. The molecule has 1 rings (SSSR count). The molecule has 1 aromatic rings. The van der Waals surface area contributed by atoms with Gasteiger partial charge in [-0.2, -0.15) is 0 Å². The fourth-order valence-corrected chi connectivity index (χ4v) is 2.41. The Morgan fingerprint density at radius 1 is 1.42 bits per heavy atom. The predicted octanol–water partition coefficient (Wildman–Crippen LogP) is 3.84. The lowest BCUT2D eigenvalue weighted by molar-refractivity contribution is 0.164. The van der Waals surface area contributed by atoms with Gasteiger partial charge in [-0.1, -0.05) is 16.8 Å². The second-order valence-electron chi connectivity index (χ2n) is 4.29. The molecule has 1 aromatic carbocycles. The zero-order valence-corrected chi connectivity index (χ0v) is 12.6. The number of anilines is 2. The molecule has 1 unspecified atom stereocenters. The molecular weight excluding hydrogens is 263 g/mol. The molecule has 1 atom stereocenters. The first-order valence-corrected chi connectivity index (χ1v) is 7.86. The van der Waals surface area contributed by atoms with Crippen LogP contribution in [0.25, 0.3) is 0 Å². The van der Waals surface area contributed by atoms with E-state index in [0.717, 1.165) is 5.69 Å². The van der Waals surface area contributed by atoms with Gasteiger partial charge in [0.25, 0.3) is 0 Å². The minimum absolute atomic E-state index is 0.208. The molecule has 0 aromatic heterocycles. The Bertz CT molecular complexity index is 463. The number of ether oxygens (including phenoxy) is 1. The number of benzene rings is 1. The molecule has 1 N–H and O–H groups in total. The fraction of sp³-hybridized carbons (Fsp3) is 0.462. The molecule has 5 nitrogen and oxygen atoms in total. The van der Waals surface area contributed by atoms with Crippen molar-refractivity contribution in [3.63, 3.8) is 0 Å². The van der Waals surface area contributed by atoms with E-state index < -0.39 is 14.0 Å². The molecule has 0 spiro atoms. The van der Waals surface area contributed by atoms with Gasteiger partial charge in [0.05, 0.1) is 12.3 Å². The van der Waals surface area contributed by atoms with Crippen molar-refractivity contribution in [2.24, 2.45) is 0 Å². The maximum Gasteiger partial charge on any atom is 0.469 e. The number of nitrogens with one attached hydrogen (secondary N) is 1. The van der Waals surface area contributed by atoms with E-state index >= 15 is 0 Å². The van der Waals surface area contributed by atoms with E-state index in [-0.39, 0.29) is 12.6 Å². The van der Waals surface area contributed by atoms with Crippen LogP contribution < -0.4 is 9.99 Å². The maximum atomic E-state index is 11.9. The van der Waals surface area contributed by atoms with E-state index in [1.165, 1.54) is 11.3 Å². The van der Waals surface area contributed by atoms with Crippen molar-refractivity contribution < 1.29 is 14.1 Å². The van der Waals surface area contributed by atoms with Gasteiger partial charge in [-0.05, 0) is 37.5 Å². The van der Waals surface area contributed by atoms with Crippen molar-refractivity contribution >= 4 is 25.4 Å². The summed E-state index contributed by atoms with van der Waals surface area (Å²) in [5, 5.41) is 3.23. The Kier molecular flexibility index (Phi) is 5.77. The molecule has 0 aliphatic rings. The van der Waals surface area contributed by atoms with Crippen LogP contribution in [0, 0.1) is 0 Å². The smallest absolute Gasteiger partial charge is 0.447 e. The van der Waals surface area contributed by atoms with Crippen molar-refractivity contribution in [2.45, 2.75) is 26.8 Å². The Hall–Kier alpha value is -1.61. The average Bonchev–Trinajstić information content (AvgIpc) is 2.30. The third kappa shape index (κ3) is 4.21. The first kappa shape index (κ1) is 15.4. The van der Waals surface area contributed by atoms with E-state index in [1.54, 1.807) is 19.1 Å². The Labute approximate surface area is 114 Å². The summed E-state index contributed by atoms with van der Waals surface area (Å²) in [5.41, 5.74) is 1.33. The van der Waals surface area contributed by atoms with Gasteiger partial charge >= 0.3 is 14.0 Å². The quantitative estimate of drug-likeness (QED) is 0.834. The highest BCUT2D eigenvalue weighted by molar-refractivity contribution is 7.47. The molecule has 0 fully saturated rings. The van der Waals surface area contributed by atoms with Gasteiger partial charge in [-0.15, -0.1) is 0 Å². The number of nitrogens with zero attached hydrogens (tertiary/aromatic N) is 1. The summed E-state index contributed by atoms with van der Waals surface area (Å²) in [6.45, 7) is 7.45. The summed E-state index contributed by atoms with van der Waals surface area (Å²) in [7, 11) is -1.86. The van der Waals surface area contributed by atoms with E-state index in [2.05, 4.69) is 5.32 Å². The standard InChI is InChI=1S/C13H20N2O3P/c1-5-18-13(16)15(19(4)17)12-9-7-6-8-11(12)14-10(2)3/h6-10,14H,5H2,1-4H3/q+1. The van der Waals surface area contributed by atoms with Crippen LogP contribution in [0.15, 0.2) is 24.3 Å². The van der Waals surface area contributed by atoms with E-state index in [0.29, 0.717) is 5.69 Å². The SMILES string of the molecule is CCOC(=O)N(c1ccccc1NC(C)C)[P+](C)=O. The number of para-hydroxylation sites is 2. The molecular formula is C13H20N2O3P+. The molecule has 0 aliphatic carbocycles. The summed E-state index contributed by atoms with van der Waals surface area (Å²) < 4.78 is 18.0. The summed E-state index contributed by atoms with van der Waals surface area (Å²) in [6, 6.07) is 7.46. The van der Waals surface area contributed by atoms with Crippen LogP contribution in [0.4, 0.5) is 16.2 Å². The van der Waals surface area contributed by atoms with Crippen molar-refractivity contribution in [3.8, 4) is 0 Å². The molecule has 1 amide bonds. The number of hydrogen-bond donors (Lipinski definition) is 1. The summed E-state index contributed by atoms with van der Waals surface area (Å²) in [4.78, 5) is 11.9. The molecule has 0 saturated heterocycles. The summed E-state index contributed by atoms with van der Waals surface area (Å²) in [5.74, 6) is 0. The molecule has 0 bridgehead atoms. The highest BCUT2D eigenvalue weighted by atomic mass is 31.1. The van der Waals surface area contributed by atoms with Gasteiger partial charge < -0.3 is 10.1 Å². The molecule has 19 heavy (non-hydrogen) atoms. The molecule has 0 aliphatic heterocycles. The van der Waals surface area contributed by atoms with Crippen molar-refractivity contribution in [3.05, 3.63) is 24.3 Å². The predicted molar refractivity (Wildman–Crippen MR) is 78.2 cm³/mol. The van der Waals surface area contributed by atoms with Gasteiger partial charge in [-0.3, -0.25) is 0 Å². The second kappa shape index (κ2) is 7.10. The number of amides is 1. The third-order valence-corrected chi connectivity index (χ3v) is 3.24. The van der Waals surface area contributed by atoms with Crippen LogP contribution in [0.5, 0.6) is 0 Å². The molecule has 0 radical (unpaired) electrons. The van der Waals surface area contributed by atoms with Gasteiger partial charge in [-0.25, -0.2) is 4.79 Å². The minimum atomic E-state index is -1.86. The lowest BCUT2D eigenvalue weighted by Crippen LogP contribution is -2.26. The van der Waals surface area contributed by atoms with E-state index in [9.17, 15) is 9.36 Å². The molecule has 6 heteroatoms. The number of hydrogen-bond acceptors (Lipinski definition) is 4. The number of carbonyl (C=O) groups is 1. The average molecular weight is 283 g/mol. The molecule has 0 heterocycles. The van der Waals surface area contributed by atoms with Crippen LogP contribution in [0.3, 0.4) is 0 Å². The first-order chi connectivity index (χ1) is 8.97. The minimum Gasteiger partial charge on any atom is -0.447 e. The highest BCUT2D eigenvalue weighted by Crippen LogP contribution is 2.36. The second-order valence-corrected chi connectivity index (χ2v) is 5.62. The maximum absolute atomic E-state index is 11.9. The highest BCUT2D eigenvalue weighted by Gasteiger charge is 2.33. The Balaban J connectivity index is 3.15. The van der Waals surface area contributed by atoms with Crippen LogP contribution >= 0.6 is 7.95 Å². The fourth-order valence-electron chi connectivity index (χ4n) is 1.64. The number of carbonyl (C=O) groups excluding carboxylic acids is 1. The lowest BCUT2D eigenvalue weighted by atomic mass is 10.2. The van der Waals surface area contributed by atoms with Crippen LogP contribution in [-0.4, -0.2) is 25.4 Å². The van der Waals surface area contributed by atoms with E-state index in [4.69, 9.17) is 4.74 Å². The van der Waals surface area contributed by atoms with Crippen LogP contribution in [-0.2, 0) is 9.30 Å². The largest absolute Gasteiger partial charge is 0.469 e. The zero-order chi connectivity index (χ0) is 14.4. The van der Waals surface area contributed by atoms with Crippen molar-refractivity contribution in [1.29, 1.82) is 0 Å². The van der Waals surface area contributed by atoms with Crippen molar-refractivity contribution in [1.82, 2.24) is 0 Å². The Morgan fingerprint density at radius 3 is 2.58 bits per heavy atom. The zero-order valence-electron chi connectivity index (χ0n) is 11.7. The number of rotatable bonds is 5. The molecule has 0 saturated carbocycles. The third-order valence-electron chi connectivity index (χ3n) is 2.30. The summed E-state index contributed by atoms with van der Waals surface area (Å²) >= 11 is 0. The first-order valence-electron chi connectivity index (χ1n) is 6.20. The van der Waals surface area contributed by atoms with E-state index in [1.807, 2.05) is 26.0 Å². The van der Waals surface area contributed by atoms with Gasteiger partial charge in [0.15, 0.2) is 6.66 Å². The molecule has 104 valence electrons. The van der Waals surface area contributed by atoms with Gasteiger partial charge in [0, 0.05) is 6.04 Å². The van der Waals surface area contributed by atoms with Crippen LogP contribution in [0.1, 0.15) is 20.8 Å². The van der Waals surface area contributed by atoms with Crippen molar-refractivity contribution in [2.75, 3.05) is 23.3 Å². The topological polar surface area (TPSA) is 58.6 Å². The normalized spacial score (nSPS) is 11.1. The lowest BCUT2D eigenvalue weighted by Gasteiger charge is -2.17. The van der Waals surface area contributed by atoms with Crippen LogP contribution in [0.2, 0.25) is 0 Å². The van der Waals surface area contributed by atoms with Gasteiger partial charge in [0.1, 0.15) is 5.69 Å². The monoisotopic (exact) mass is 283 g/mol. The van der Waals surface area contributed by atoms with Gasteiger partial charge in [0.2, 0.25) is 0 Å². The summed E-state index contributed by atoms with van der Waals surface area (Å²) in [6.07, 6.45) is -0.593.